The van der Waals surface area contributed by atoms with Crippen molar-refractivity contribution in [2.75, 3.05) is 18.0 Å². The lowest BCUT2D eigenvalue weighted by Crippen LogP contribution is -2.65. The predicted molar refractivity (Wildman–Crippen MR) is 96.2 cm³/mol. The Morgan fingerprint density at radius 2 is 2.00 bits per heavy atom. The van der Waals surface area contributed by atoms with Crippen LogP contribution in [-0.4, -0.2) is 24.7 Å². The maximum absolute atomic E-state index is 3.84. The van der Waals surface area contributed by atoms with E-state index in [1.54, 1.807) is 0 Å². The highest BCUT2D eigenvalue weighted by Gasteiger charge is 2.38. The average molecular weight is 353 g/mol. The summed E-state index contributed by atoms with van der Waals surface area (Å²) in [5, 5.41) is 3.84. The third kappa shape index (κ3) is 3.29. The Balaban J connectivity index is 2.41. The SMILES string of the molecule is CCC1(CC)CN(c2cccc(Br)c2C)C(C(C)C)CN1. The van der Waals surface area contributed by atoms with Crippen LogP contribution in [0.25, 0.3) is 0 Å². The Kier molecular flexibility index (Phi) is 5.37. The van der Waals surface area contributed by atoms with Crippen LogP contribution < -0.4 is 10.2 Å². The summed E-state index contributed by atoms with van der Waals surface area (Å²) in [7, 11) is 0. The van der Waals surface area contributed by atoms with E-state index >= 15 is 0 Å². The molecule has 1 fully saturated rings. The van der Waals surface area contributed by atoms with Crippen LogP contribution in [0.5, 0.6) is 0 Å². The molecule has 0 amide bonds. The van der Waals surface area contributed by atoms with Crippen LogP contribution in [0.15, 0.2) is 22.7 Å². The quantitative estimate of drug-likeness (QED) is 0.840. The minimum atomic E-state index is 0.250. The van der Waals surface area contributed by atoms with Crippen molar-refractivity contribution in [3.05, 3.63) is 28.2 Å². The monoisotopic (exact) mass is 352 g/mol. The van der Waals surface area contributed by atoms with Crippen molar-refractivity contribution in [2.24, 2.45) is 5.92 Å². The number of nitrogens with one attached hydrogen (secondary N) is 1. The van der Waals surface area contributed by atoms with Crippen molar-refractivity contribution < 1.29 is 0 Å². The van der Waals surface area contributed by atoms with Gasteiger partial charge in [0.1, 0.15) is 0 Å². The Morgan fingerprint density at radius 1 is 1.33 bits per heavy atom. The summed E-state index contributed by atoms with van der Waals surface area (Å²) in [6.07, 6.45) is 2.36. The Bertz CT molecular complexity index is 480. The zero-order valence-electron chi connectivity index (χ0n) is 14.0. The van der Waals surface area contributed by atoms with Gasteiger partial charge in [-0.1, -0.05) is 49.7 Å². The third-order valence-corrected chi connectivity index (χ3v) is 6.09. The van der Waals surface area contributed by atoms with Gasteiger partial charge in [0.15, 0.2) is 0 Å². The topological polar surface area (TPSA) is 15.3 Å². The summed E-state index contributed by atoms with van der Waals surface area (Å²) in [5.41, 5.74) is 2.99. The molecule has 1 aromatic rings. The van der Waals surface area contributed by atoms with Crippen molar-refractivity contribution in [1.82, 2.24) is 5.32 Å². The number of rotatable bonds is 4. The van der Waals surface area contributed by atoms with E-state index in [1.807, 2.05) is 0 Å². The van der Waals surface area contributed by atoms with Crippen LogP contribution in [0, 0.1) is 12.8 Å². The van der Waals surface area contributed by atoms with Gasteiger partial charge in [0.25, 0.3) is 0 Å². The molecule has 0 bridgehead atoms. The van der Waals surface area contributed by atoms with E-state index in [0.29, 0.717) is 12.0 Å². The standard InChI is InChI=1S/C18H29BrN2/c1-6-18(7-2)12-21(17(11-20-18)13(3)4)16-10-8-9-15(19)14(16)5/h8-10,13,17,20H,6-7,11-12H2,1-5H3. The molecule has 0 radical (unpaired) electrons. The lowest BCUT2D eigenvalue weighted by atomic mass is 9.85. The molecule has 1 saturated heterocycles. The molecule has 0 aliphatic carbocycles. The van der Waals surface area contributed by atoms with E-state index < -0.39 is 0 Å². The molecular formula is C18H29BrN2. The van der Waals surface area contributed by atoms with Gasteiger partial charge in [0, 0.05) is 34.8 Å². The molecule has 0 saturated carbocycles. The van der Waals surface area contributed by atoms with Crippen LogP contribution >= 0.6 is 15.9 Å². The van der Waals surface area contributed by atoms with Crippen LogP contribution in [0.1, 0.15) is 46.1 Å². The van der Waals surface area contributed by atoms with Crippen molar-refractivity contribution in [3.63, 3.8) is 0 Å². The highest BCUT2D eigenvalue weighted by atomic mass is 79.9. The molecule has 1 aliphatic heterocycles. The molecule has 3 heteroatoms. The van der Waals surface area contributed by atoms with Gasteiger partial charge in [-0.05, 0) is 43.4 Å². The molecule has 1 aromatic carbocycles. The molecule has 2 rings (SSSR count). The van der Waals surface area contributed by atoms with Crippen molar-refractivity contribution in [1.29, 1.82) is 0 Å². The Labute approximate surface area is 138 Å². The summed E-state index contributed by atoms with van der Waals surface area (Å²) in [5.74, 6) is 0.641. The van der Waals surface area contributed by atoms with E-state index in [2.05, 4.69) is 79.0 Å². The highest BCUT2D eigenvalue weighted by molar-refractivity contribution is 9.10. The minimum absolute atomic E-state index is 0.250. The molecule has 21 heavy (non-hydrogen) atoms. The second-order valence-electron chi connectivity index (χ2n) is 6.69. The number of nitrogens with zero attached hydrogens (tertiary/aromatic N) is 1. The van der Waals surface area contributed by atoms with Crippen molar-refractivity contribution >= 4 is 21.6 Å². The third-order valence-electron chi connectivity index (χ3n) is 5.23. The first-order valence-corrected chi connectivity index (χ1v) is 9.00. The van der Waals surface area contributed by atoms with E-state index in [9.17, 15) is 0 Å². The van der Waals surface area contributed by atoms with E-state index in [-0.39, 0.29) is 5.54 Å². The molecule has 1 heterocycles. The number of anilines is 1. The summed E-state index contributed by atoms with van der Waals surface area (Å²) < 4.78 is 1.21. The zero-order valence-corrected chi connectivity index (χ0v) is 15.6. The molecule has 2 nitrogen and oxygen atoms in total. The first-order valence-electron chi connectivity index (χ1n) is 8.21. The fraction of sp³-hybridized carbons (Fsp3) is 0.667. The summed E-state index contributed by atoms with van der Waals surface area (Å²) >= 11 is 3.69. The number of halogens is 1. The van der Waals surface area contributed by atoms with Crippen LogP contribution in [-0.2, 0) is 0 Å². The van der Waals surface area contributed by atoms with E-state index in [1.165, 1.54) is 28.6 Å². The van der Waals surface area contributed by atoms with Gasteiger partial charge in [-0.2, -0.15) is 0 Å². The summed E-state index contributed by atoms with van der Waals surface area (Å²) in [6.45, 7) is 13.7. The fourth-order valence-electron chi connectivity index (χ4n) is 3.42. The predicted octanol–water partition coefficient (Wildman–Crippen LogP) is 4.75. The molecule has 1 unspecified atom stereocenters. The van der Waals surface area contributed by atoms with Gasteiger partial charge in [0.05, 0.1) is 0 Å². The van der Waals surface area contributed by atoms with Crippen molar-refractivity contribution in [3.8, 4) is 0 Å². The van der Waals surface area contributed by atoms with Crippen molar-refractivity contribution in [2.45, 2.75) is 59.0 Å². The number of piperazine rings is 1. The zero-order chi connectivity index (χ0) is 15.6. The van der Waals surface area contributed by atoms with Gasteiger partial charge in [-0.15, -0.1) is 0 Å². The first kappa shape index (κ1) is 16.8. The van der Waals surface area contributed by atoms with E-state index in [4.69, 9.17) is 0 Å². The minimum Gasteiger partial charge on any atom is -0.365 e. The van der Waals surface area contributed by atoms with Crippen LogP contribution in [0.3, 0.4) is 0 Å². The smallest absolute Gasteiger partial charge is 0.0438 e. The number of hydrogen-bond donors (Lipinski definition) is 1. The van der Waals surface area contributed by atoms with Gasteiger partial charge in [0.2, 0.25) is 0 Å². The van der Waals surface area contributed by atoms with E-state index in [0.717, 1.165) is 13.1 Å². The first-order chi connectivity index (χ1) is 9.94. The maximum Gasteiger partial charge on any atom is 0.0438 e. The largest absolute Gasteiger partial charge is 0.365 e. The Morgan fingerprint density at radius 3 is 2.57 bits per heavy atom. The second-order valence-corrected chi connectivity index (χ2v) is 7.55. The van der Waals surface area contributed by atoms with Gasteiger partial charge in [-0.25, -0.2) is 0 Å². The number of benzene rings is 1. The second kappa shape index (κ2) is 6.70. The molecule has 1 atom stereocenters. The molecule has 1 aliphatic rings. The molecule has 118 valence electrons. The number of hydrogen-bond acceptors (Lipinski definition) is 2. The fourth-order valence-corrected chi connectivity index (χ4v) is 3.78. The lowest BCUT2D eigenvalue weighted by Gasteiger charge is -2.50. The van der Waals surface area contributed by atoms with Crippen LogP contribution in [0.4, 0.5) is 5.69 Å². The average Bonchev–Trinajstić information content (AvgIpc) is 2.49. The van der Waals surface area contributed by atoms with Crippen LogP contribution in [0.2, 0.25) is 0 Å². The summed E-state index contributed by atoms with van der Waals surface area (Å²) in [6, 6.07) is 7.13. The molecule has 0 aromatic heterocycles. The molecule has 0 spiro atoms. The lowest BCUT2D eigenvalue weighted by molar-refractivity contribution is 0.227. The molecule has 1 N–H and O–H groups in total. The summed E-state index contributed by atoms with van der Waals surface area (Å²) in [4.78, 5) is 2.65. The Hall–Kier alpha value is -0.540. The maximum atomic E-state index is 3.84. The molecular weight excluding hydrogens is 324 g/mol. The normalized spacial score (nSPS) is 21.9. The van der Waals surface area contributed by atoms with Gasteiger partial charge in [-0.3, -0.25) is 0 Å². The van der Waals surface area contributed by atoms with Gasteiger partial charge < -0.3 is 10.2 Å². The highest BCUT2D eigenvalue weighted by Crippen LogP contribution is 2.34. The van der Waals surface area contributed by atoms with Gasteiger partial charge >= 0.3 is 0 Å².